The zero-order chi connectivity index (χ0) is 44.1. The Bertz CT molecular complexity index is 2230. The fourth-order valence-electron chi connectivity index (χ4n) is 9.82. The molecule has 0 N–H and O–H groups in total. The fourth-order valence-corrected chi connectivity index (χ4v) is 10.8. The predicted octanol–water partition coefficient (Wildman–Crippen LogP) is 15.9. The normalized spacial score (nSPS) is 13.6. The van der Waals surface area contributed by atoms with E-state index in [1.165, 1.54) is 92.4 Å². The van der Waals surface area contributed by atoms with Crippen LogP contribution < -0.4 is 0 Å². The van der Waals surface area contributed by atoms with Crippen molar-refractivity contribution < 1.29 is 24.2 Å². The molecule has 1 heteroatoms. The molecule has 0 aliphatic heterocycles. The Morgan fingerprint density at radius 1 is 0.613 bits per heavy atom. The van der Waals surface area contributed by atoms with Crippen molar-refractivity contribution >= 4 is 3.21 Å². The Morgan fingerprint density at radius 3 is 1.52 bits per heavy atom. The Morgan fingerprint density at radius 2 is 1.08 bits per heavy atom. The fraction of sp³-hybridized carbons (Fsp3) is 0.328. The van der Waals surface area contributed by atoms with Crippen LogP contribution in [0.5, 0.6) is 0 Å². The van der Waals surface area contributed by atoms with Crippen LogP contribution in [0.25, 0.3) is 11.1 Å². The van der Waals surface area contributed by atoms with Gasteiger partial charge in [-0.1, -0.05) is 152 Å². The molecule has 0 fully saturated rings. The summed E-state index contributed by atoms with van der Waals surface area (Å²) in [6, 6.07) is 55.2. The molecule has 0 saturated heterocycles. The zero-order valence-electron chi connectivity index (χ0n) is 38.8. The molecule has 8 rings (SSSR count). The van der Waals surface area contributed by atoms with Gasteiger partial charge < -0.3 is 0 Å². The average molecular weight is 892 g/mol. The summed E-state index contributed by atoms with van der Waals surface area (Å²) in [4.78, 5) is 0. The van der Waals surface area contributed by atoms with E-state index >= 15 is 0 Å². The van der Waals surface area contributed by atoms with Crippen LogP contribution in [0.1, 0.15) is 141 Å². The topological polar surface area (TPSA) is 0 Å². The summed E-state index contributed by atoms with van der Waals surface area (Å²) in [5.41, 5.74) is 17.2. The molecule has 0 radical (unpaired) electrons. The third-order valence-electron chi connectivity index (χ3n) is 13.3. The first kappa shape index (κ1) is 47.0. The van der Waals surface area contributed by atoms with Crippen molar-refractivity contribution in [2.75, 3.05) is 0 Å². The van der Waals surface area contributed by atoms with Crippen LogP contribution in [0.4, 0.5) is 0 Å². The van der Waals surface area contributed by atoms with E-state index in [1.807, 2.05) is 12.2 Å². The zero-order valence-corrected chi connectivity index (χ0v) is 41.3. The minimum atomic E-state index is 0.0376. The van der Waals surface area contributed by atoms with Crippen molar-refractivity contribution in [1.29, 1.82) is 0 Å². The summed E-state index contributed by atoms with van der Waals surface area (Å²) in [5.74, 6) is 0.901. The Kier molecular flexibility index (Phi) is 16.9. The second-order valence-corrected chi connectivity index (χ2v) is 20.3. The molecular formula is C61H68Zr. The Balaban J connectivity index is 0.000000249. The molecule has 0 aromatic heterocycles. The molecule has 6 aromatic rings. The van der Waals surface area contributed by atoms with Crippen molar-refractivity contribution in [2.24, 2.45) is 0 Å². The van der Waals surface area contributed by atoms with E-state index in [2.05, 4.69) is 213 Å². The second-order valence-electron chi connectivity index (χ2n) is 18.6. The van der Waals surface area contributed by atoms with E-state index in [1.54, 1.807) is 27.4 Å². The molecule has 316 valence electrons. The van der Waals surface area contributed by atoms with Gasteiger partial charge in [-0.15, -0.1) is 23.1 Å². The van der Waals surface area contributed by atoms with Gasteiger partial charge in [-0.25, -0.2) is 12.2 Å². The third kappa shape index (κ3) is 11.8. The van der Waals surface area contributed by atoms with E-state index in [-0.39, 0.29) is 10.8 Å². The van der Waals surface area contributed by atoms with Crippen molar-refractivity contribution in [3.05, 3.63) is 226 Å². The molecule has 0 bridgehead atoms. The molecule has 0 heterocycles. The number of hydrogen-bond acceptors (Lipinski definition) is 0. The first-order valence-corrected chi connectivity index (χ1v) is 24.3. The van der Waals surface area contributed by atoms with E-state index in [9.17, 15) is 0 Å². The van der Waals surface area contributed by atoms with Crippen LogP contribution in [0.15, 0.2) is 158 Å². The Hall–Kier alpha value is -4.45. The van der Waals surface area contributed by atoms with Crippen LogP contribution >= 0.6 is 0 Å². The number of fused-ring (bicyclic) bond motifs is 3. The van der Waals surface area contributed by atoms with Crippen LogP contribution in [-0.2, 0) is 54.3 Å². The van der Waals surface area contributed by atoms with Crippen molar-refractivity contribution in [3.63, 3.8) is 0 Å². The van der Waals surface area contributed by atoms with E-state index in [0.29, 0.717) is 11.8 Å². The first-order valence-electron chi connectivity index (χ1n) is 23.1. The van der Waals surface area contributed by atoms with Crippen LogP contribution in [-0.4, -0.2) is 3.21 Å². The molecule has 2 aliphatic rings. The predicted molar refractivity (Wildman–Crippen MR) is 264 cm³/mol. The average Bonchev–Trinajstić information content (AvgIpc) is 3.98. The van der Waals surface area contributed by atoms with Gasteiger partial charge in [-0.05, 0) is 64.3 Å². The van der Waals surface area contributed by atoms with Crippen molar-refractivity contribution in [2.45, 2.75) is 129 Å². The van der Waals surface area contributed by atoms with Crippen LogP contribution in [0.3, 0.4) is 0 Å². The third-order valence-corrected chi connectivity index (χ3v) is 14.2. The molecule has 6 aromatic carbocycles. The summed E-state index contributed by atoms with van der Waals surface area (Å²) in [7, 11) is 0. The van der Waals surface area contributed by atoms with Gasteiger partial charge in [0.2, 0.25) is 0 Å². The molecule has 0 amide bonds. The van der Waals surface area contributed by atoms with Crippen LogP contribution in [0.2, 0.25) is 0 Å². The first-order chi connectivity index (χ1) is 29.9. The summed E-state index contributed by atoms with van der Waals surface area (Å²) in [5, 5.41) is 0. The molecule has 2 atom stereocenters. The van der Waals surface area contributed by atoms with Crippen molar-refractivity contribution in [3.8, 4) is 11.1 Å². The number of rotatable bonds is 14. The molecular weight excluding hydrogens is 824 g/mol. The number of hydrogen-bond donors (Lipinski definition) is 0. The molecule has 0 nitrogen and oxygen atoms in total. The molecule has 0 spiro atoms. The summed E-state index contributed by atoms with van der Waals surface area (Å²) >= 11 is 1.55. The number of aryl methyl sites for hydroxylation is 2. The van der Waals surface area contributed by atoms with E-state index < -0.39 is 0 Å². The van der Waals surface area contributed by atoms with E-state index in [4.69, 9.17) is 0 Å². The summed E-state index contributed by atoms with van der Waals surface area (Å²) in [6.45, 7) is 19.0. The molecule has 0 saturated carbocycles. The van der Waals surface area contributed by atoms with Crippen molar-refractivity contribution in [1.82, 2.24) is 0 Å². The van der Waals surface area contributed by atoms with Gasteiger partial charge in [0.1, 0.15) is 0 Å². The Labute approximate surface area is 391 Å². The maximum atomic E-state index is 3.92. The van der Waals surface area contributed by atoms with Crippen LogP contribution in [0, 0.1) is 26.0 Å². The second kappa shape index (κ2) is 22.3. The number of allylic oxidation sites excluding steroid dienone is 4. The number of benzene rings is 6. The monoisotopic (exact) mass is 890 g/mol. The van der Waals surface area contributed by atoms with Gasteiger partial charge in [0.15, 0.2) is 0 Å². The van der Waals surface area contributed by atoms with Gasteiger partial charge in [0.25, 0.3) is 0 Å². The van der Waals surface area contributed by atoms with Gasteiger partial charge in [-0.2, -0.15) is 23.8 Å². The SMILES string of the molecule is CCCC(c1cc2c([c-]c1C)Cc1cc(C)c(C(CCC)C(C)(C)c3ccccc3)cc1-2)C(C)(C)c1ccccc1.[C-]1=CC=CC1.[Zr+2]=[C](Cc1ccccc1)Cc1ccccc1. The van der Waals surface area contributed by atoms with Gasteiger partial charge in [0.05, 0.1) is 0 Å². The maximum absolute atomic E-state index is 3.92. The quantitative estimate of drug-likeness (QED) is 0.0955. The summed E-state index contributed by atoms with van der Waals surface area (Å²) in [6.07, 6.45) is 17.9. The van der Waals surface area contributed by atoms with E-state index in [0.717, 1.165) is 25.7 Å². The standard InChI is InChI=1S/C41H49.C15H14.C5H5.Zr/c1-9-17-38(40(5,6)32-19-13-11-14-20-32)34-26-36-30(23-28(34)3)25-31-24-29(4)35(27-37(31)36)39(18-10-2)41(7,8)33-21-15-12-16-22-33;1-3-8-14(9-4-1)12-7-13-15-10-5-2-6-11-15;1-2-4-5-3-1;/h11-16,19-23,26-27,38-39H,9-10,17-18,25H2,1-8H3;1-6,8-11H,12-13H2;1-3H,4H2;/q-1;;-1;+2. The van der Waals surface area contributed by atoms with Gasteiger partial charge in [0, 0.05) is 0 Å². The molecule has 2 aliphatic carbocycles. The summed E-state index contributed by atoms with van der Waals surface area (Å²) < 4.78 is 1.60. The van der Waals surface area contributed by atoms with Gasteiger partial charge in [-0.3, -0.25) is 6.08 Å². The minimum absolute atomic E-state index is 0.0376. The van der Waals surface area contributed by atoms with Gasteiger partial charge >= 0.3 is 112 Å². The molecule has 62 heavy (non-hydrogen) atoms. The molecule has 2 unspecified atom stereocenters.